The molecule has 0 unspecified atom stereocenters. The first-order valence-corrected chi connectivity index (χ1v) is 12.7. The number of hydrogen-bond donors (Lipinski definition) is 0. The van der Waals surface area contributed by atoms with Crippen LogP contribution in [0.1, 0.15) is 30.0 Å². The van der Waals surface area contributed by atoms with Gasteiger partial charge in [-0.25, -0.2) is 16.8 Å². The molecule has 1 saturated heterocycles. The predicted molar refractivity (Wildman–Crippen MR) is 114 cm³/mol. The van der Waals surface area contributed by atoms with Crippen LogP contribution < -0.4 is 0 Å². The van der Waals surface area contributed by atoms with Crippen LogP contribution in [0.3, 0.4) is 0 Å². The molecule has 0 bridgehead atoms. The van der Waals surface area contributed by atoms with Crippen LogP contribution in [0, 0.1) is 13.8 Å². The van der Waals surface area contributed by atoms with E-state index in [4.69, 9.17) is 0 Å². The summed E-state index contributed by atoms with van der Waals surface area (Å²) in [4.78, 5) is 0.545. The molecule has 0 radical (unpaired) electrons. The quantitative estimate of drug-likeness (QED) is 0.698. The molecule has 158 valence electrons. The molecule has 1 aliphatic rings. The van der Waals surface area contributed by atoms with Crippen molar-refractivity contribution in [1.29, 1.82) is 0 Å². The molecule has 3 rings (SSSR count). The van der Waals surface area contributed by atoms with Gasteiger partial charge in [-0.2, -0.15) is 8.61 Å². The summed E-state index contributed by atoms with van der Waals surface area (Å²) in [6.07, 6.45) is 1.91. The summed E-state index contributed by atoms with van der Waals surface area (Å²) in [7, 11) is -7.28. The number of aryl methyl sites for hydroxylation is 3. The van der Waals surface area contributed by atoms with Gasteiger partial charge < -0.3 is 0 Å². The molecule has 0 saturated carbocycles. The fourth-order valence-electron chi connectivity index (χ4n) is 3.54. The van der Waals surface area contributed by atoms with E-state index >= 15 is 0 Å². The van der Waals surface area contributed by atoms with Gasteiger partial charge in [0.25, 0.3) is 0 Å². The second-order valence-electron chi connectivity index (χ2n) is 7.47. The van der Waals surface area contributed by atoms with E-state index in [1.54, 1.807) is 31.2 Å². The Kier molecular flexibility index (Phi) is 6.48. The van der Waals surface area contributed by atoms with Crippen LogP contribution in [0.4, 0.5) is 0 Å². The highest BCUT2D eigenvalue weighted by atomic mass is 32.2. The van der Waals surface area contributed by atoms with Crippen molar-refractivity contribution in [3.8, 4) is 0 Å². The molecule has 0 atom stereocenters. The second-order valence-corrected chi connectivity index (χ2v) is 11.3. The zero-order chi connectivity index (χ0) is 21.2. The Morgan fingerprint density at radius 2 is 1.34 bits per heavy atom. The Bertz CT molecular complexity index is 1070. The molecule has 6 nitrogen and oxygen atoms in total. The molecular weight excluding hydrogens is 408 g/mol. The van der Waals surface area contributed by atoms with Crippen molar-refractivity contribution in [3.05, 3.63) is 59.2 Å². The lowest BCUT2D eigenvalue weighted by Gasteiger charge is -2.33. The van der Waals surface area contributed by atoms with E-state index in [0.717, 1.165) is 24.0 Å². The van der Waals surface area contributed by atoms with Crippen molar-refractivity contribution in [3.63, 3.8) is 0 Å². The van der Waals surface area contributed by atoms with Gasteiger partial charge >= 0.3 is 0 Å². The van der Waals surface area contributed by atoms with Gasteiger partial charge in [0, 0.05) is 26.2 Å². The molecule has 0 aromatic heterocycles. The monoisotopic (exact) mass is 436 g/mol. The number of benzene rings is 2. The minimum absolute atomic E-state index is 0.142. The van der Waals surface area contributed by atoms with E-state index in [2.05, 4.69) is 6.92 Å². The van der Waals surface area contributed by atoms with Crippen molar-refractivity contribution in [1.82, 2.24) is 8.61 Å². The summed E-state index contributed by atoms with van der Waals surface area (Å²) < 4.78 is 54.7. The Labute approximate surface area is 174 Å². The summed E-state index contributed by atoms with van der Waals surface area (Å²) in [5.74, 6) is 0. The smallest absolute Gasteiger partial charge is 0.207 e. The van der Waals surface area contributed by atoms with Gasteiger partial charge in [-0.05, 0) is 55.2 Å². The lowest BCUT2D eigenvalue weighted by Crippen LogP contribution is -2.50. The number of sulfonamides is 2. The van der Waals surface area contributed by atoms with E-state index < -0.39 is 20.0 Å². The first-order valence-electron chi connectivity index (χ1n) is 9.83. The minimum atomic E-state index is -3.65. The van der Waals surface area contributed by atoms with Crippen LogP contribution >= 0.6 is 0 Å². The lowest BCUT2D eigenvalue weighted by molar-refractivity contribution is 0.272. The Morgan fingerprint density at radius 3 is 1.90 bits per heavy atom. The molecule has 29 heavy (non-hydrogen) atoms. The Balaban J connectivity index is 1.75. The van der Waals surface area contributed by atoms with Gasteiger partial charge in [-0.3, -0.25) is 0 Å². The standard InChI is InChI=1S/C21H28N2O4S2/c1-4-5-19-8-10-20(11-9-19)28(24,25)22-12-14-23(15-13-22)29(26,27)21-16-17(2)6-7-18(21)3/h6-11,16H,4-5,12-15H2,1-3H3. The highest BCUT2D eigenvalue weighted by molar-refractivity contribution is 7.89. The zero-order valence-electron chi connectivity index (χ0n) is 17.1. The summed E-state index contributed by atoms with van der Waals surface area (Å²) >= 11 is 0. The normalized spacial score (nSPS) is 16.8. The molecule has 1 fully saturated rings. The Morgan fingerprint density at radius 1 is 0.793 bits per heavy atom. The van der Waals surface area contributed by atoms with Crippen LogP contribution in [0.5, 0.6) is 0 Å². The summed E-state index contributed by atoms with van der Waals surface area (Å²) in [6, 6.07) is 12.3. The SMILES string of the molecule is CCCc1ccc(S(=O)(=O)N2CCN(S(=O)(=O)c3cc(C)ccc3C)CC2)cc1. The van der Waals surface area contributed by atoms with E-state index in [0.29, 0.717) is 10.5 Å². The maximum absolute atomic E-state index is 13.0. The maximum atomic E-state index is 13.0. The van der Waals surface area contributed by atoms with Crippen molar-refractivity contribution >= 4 is 20.0 Å². The third kappa shape index (κ3) is 4.55. The molecular formula is C21H28N2O4S2. The van der Waals surface area contributed by atoms with Gasteiger partial charge in [0.2, 0.25) is 20.0 Å². The van der Waals surface area contributed by atoms with Gasteiger partial charge in [0.1, 0.15) is 0 Å². The largest absolute Gasteiger partial charge is 0.243 e. The number of rotatable bonds is 6. The number of hydrogen-bond acceptors (Lipinski definition) is 4. The van der Waals surface area contributed by atoms with Gasteiger partial charge in [-0.1, -0.05) is 37.6 Å². The Hall–Kier alpha value is -1.74. The van der Waals surface area contributed by atoms with E-state index in [1.165, 1.54) is 8.61 Å². The average Bonchev–Trinajstić information content (AvgIpc) is 2.70. The van der Waals surface area contributed by atoms with Gasteiger partial charge in [0.15, 0.2) is 0 Å². The van der Waals surface area contributed by atoms with E-state index in [9.17, 15) is 16.8 Å². The maximum Gasteiger partial charge on any atom is 0.243 e. The topological polar surface area (TPSA) is 74.8 Å². The molecule has 0 N–H and O–H groups in total. The summed E-state index contributed by atoms with van der Waals surface area (Å²) in [5.41, 5.74) is 2.68. The van der Waals surface area contributed by atoms with Crippen LogP contribution in [0.15, 0.2) is 52.3 Å². The van der Waals surface area contributed by atoms with Crippen LogP contribution in [0.2, 0.25) is 0 Å². The predicted octanol–water partition coefficient (Wildman–Crippen LogP) is 2.95. The molecule has 1 heterocycles. The molecule has 8 heteroatoms. The average molecular weight is 437 g/mol. The van der Waals surface area contributed by atoms with Crippen LogP contribution in [0.25, 0.3) is 0 Å². The third-order valence-corrected chi connectivity index (χ3v) is 9.21. The van der Waals surface area contributed by atoms with Crippen molar-refractivity contribution in [2.45, 2.75) is 43.4 Å². The highest BCUT2D eigenvalue weighted by Gasteiger charge is 2.34. The fourth-order valence-corrected chi connectivity index (χ4v) is 6.69. The van der Waals surface area contributed by atoms with E-state index in [-0.39, 0.29) is 31.1 Å². The zero-order valence-corrected chi connectivity index (χ0v) is 18.8. The first kappa shape index (κ1) is 22.0. The van der Waals surface area contributed by atoms with Gasteiger partial charge in [-0.15, -0.1) is 0 Å². The molecule has 2 aromatic rings. The molecule has 0 amide bonds. The van der Waals surface area contributed by atoms with Crippen molar-refractivity contribution in [2.75, 3.05) is 26.2 Å². The molecule has 2 aromatic carbocycles. The minimum Gasteiger partial charge on any atom is -0.207 e. The first-order chi connectivity index (χ1) is 13.7. The highest BCUT2D eigenvalue weighted by Crippen LogP contribution is 2.24. The van der Waals surface area contributed by atoms with Crippen molar-refractivity contribution in [2.24, 2.45) is 0 Å². The molecule has 0 spiro atoms. The van der Waals surface area contributed by atoms with Gasteiger partial charge in [0.05, 0.1) is 9.79 Å². The summed E-state index contributed by atoms with van der Waals surface area (Å²) in [6.45, 7) is 6.28. The van der Waals surface area contributed by atoms with E-state index in [1.807, 2.05) is 25.1 Å². The number of piperazine rings is 1. The fraction of sp³-hybridized carbons (Fsp3) is 0.429. The molecule has 0 aliphatic carbocycles. The third-order valence-electron chi connectivity index (χ3n) is 5.26. The lowest BCUT2D eigenvalue weighted by atomic mass is 10.1. The number of nitrogens with zero attached hydrogens (tertiary/aromatic N) is 2. The van der Waals surface area contributed by atoms with Crippen LogP contribution in [-0.2, 0) is 26.5 Å². The van der Waals surface area contributed by atoms with Crippen LogP contribution in [-0.4, -0.2) is 51.6 Å². The summed E-state index contributed by atoms with van der Waals surface area (Å²) in [5, 5.41) is 0. The molecule has 1 aliphatic heterocycles. The van der Waals surface area contributed by atoms with Crippen molar-refractivity contribution < 1.29 is 16.8 Å². The second kappa shape index (κ2) is 8.55.